The van der Waals surface area contributed by atoms with Crippen LogP contribution in [0.4, 0.5) is 0 Å². The van der Waals surface area contributed by atoms with Gasteiger partial charge in [0.2, 0.25) is 0 Å². The van der Waals surface area contributed by atoms with E-state index in [9.17, 15) is 0 Å². The summed E-state index contributed by atoms with van der Waals surface area (Å²) in [4.78, 5) is 2.95. The SMILES string of the molecule is CC(N)c1c[nH]cc1Br. The highest BCUT2D eigenvalue weighted by atomic mass is 79.9. The summed E-state index contributed by atoms with van der Waals surface area (Å²) in [5, 5.41) is 0. The fraction of sp³-hybridized carbons (Fsp3) is 0.333. The standard InChI is InChI=1S/C6H9BrN2/c1-4(8)5-2-9-3-6(5)7/h2-4,9H,8H2,1H3. The van der Waals surface area contributed by atoms with Crippen LogP contribution in [-0.2, 0) is 0 Å². The number of nitrogens with one attached hydrogen (secondary N) is 1. The van der Waals surface area contributed by atoms with Crippen LogP contribution in [0.15, 0.2) is 16.9 Å². The molecule has 0 aliphatic carbocycles. The summed E-state index contributed by atoms with van der Waals surface area (Å²) in [7, 11) is 0. The summed E-state index contributed by atoms with van der Waals surface area (Å²) in [6.45, 7) is 1.95. The molecule has 3 N–H and O–H groups in total. The molecular formula is C6H9BrN2. The molecule has 1 atom stereocenters. The molecule has 1 aromatic rings. The summed E-state index contributed by atoms with van der Waals surface area (Å²) in [5.74, 6) is 0. The maximum atomic E-state index is 5.61. The molecule has 50 valence electrons. The Hall–Kier alpha value is -0.280. The maximum absolute atomic E-state index is 5.61. The van der Waals surface area contributed by atoms with E-state index in [4.69, 9.17) is 5.73 Å². The molecule has 0 saturated heterocycles. The Morgan fingerprint density at radius 3 is 2.56 bits per heavy atom. The van der Waals surface area contributed by atoms with Crippen molar-refractivity contribution in [3.05, 3.63) is 22.4 Å². The first-order valence-electron chi connectivity index (χ1n) is 2.79. The van der Waals surface area contributed by atoms with Crippen LogP contribution < -0.4 is 5.73 Å². The third-order valence-corrected chi connectivity index (χ3v) is 1.90. The smallest absolute Gasteiger partial charge is 0.0397 e. The van der Waals surface area contributed by atoms with Gasteiger partial charge in [-0.05, 0) is 22.9 Å². The summed E-state index contributed by atoms with van der Waals surface area (Å²) < 4.78 is 1.05. The van der Waals surface area contributed by atoms with E-state index in [0.717, 1.165) is 10.0 Å². The van der Waals surface area contributed by atoms with Gasteiger partial charge in [-0.15, -0.1) is 0 Å². The van der Waals surface area contributed by atoms with Crippen LogP contribution >= 0.6 is 15.9 Å². The molecule has 0 radical (unpaired) electrons. The van der Waals surface area contributed by atoms with Crippen LogP contribution in [0, 0.1) is 0 Å². The Morgan fingerprint density at radius 2 is 2.33 bits per heavy atom. The lowest BCUT2D eigenvalue weighted by molar-refractivity contribution is 0.816. The molecule has 1 aromatic heterocycles. The number of aromatic amines is 1. The third-order valence-electron chi connectivity index (χ3n) is 1.22. The van der Waals surface area contributed by atoms with Crippen molar-refractivity contribution >= 4 is 15.9 Å². The van der Waals surface area contributed by atoms with Gasteiger partial charge in [-0.1, -0.05) is 0 Å². The third kappa shape index (κ3) is 1.34. The van der Waals surface area contributed by atoms with Gasteiger partial charge in [-0.25, -0.2) is 0 Å². The van der Waals surface area contributed by atoms with Crippen molar-refractivity contribution in [1.29, 1.82) is 0 Å². The summed E-state index contributed by atoms with van der Waals surface area (Å²) >= 11 is 3.36. The van der Waals surface area contributed by atoms with E-state index in [0.29, 0.717) is 0 Å². The molecule has 2 nitrogen and oxygen atoms in total. The molecule has 0 aliphatic heterocycles. The fourth-order valence-corrected chi connectivity index (χ4v) is 1.31. The van der Waals surface area contributed by atoms with Gasteiger partial charge in [-0.2, -0.15) is 0 Å². The van der Waals surface area contributed by atoms with Crippen LogP contribution in [0.1, 0.15) is 18.5 Å². The first-order valence-corrected chi connectivity index (χ1v) is 3.59. The Morgan fingerprint density at radius 1 is 1.67 bits per heavy atom. The van der Waals surface area contributed by atoms with Gasteiger partial charge < -0.3 is 10.7 Å². The number of hydrogen-bond donors (Lipinski definition) is 2. The van der Waals surface area contributed by atoms with Gasteiger partial charge in [0.05, 0.1) is 0 Å². The molecule has 0 saturated carbocycles. The minimum atomic E-state index is 0.102. The zero-order chi connectivity index (χ0) is 6.85. The van der Waals surface area contributed by atoms with E-state index >= 15 is 0 Å². The topological polar surface area (TPSA) is 41.8 Å². The van der Waals surface area contributed by atoms with E-state index < -0.39 is 0 Å². The Bertz CT molecular complexity index is 193. The van der Waals surface area contributed by atoms with Crippen LogP contribution in [-0.4, -0.2) is 4.98 Å². The van der Waals surface area contributed by atoms with Crippen molar-refractivity contribution in [1.82, 2.24) is 4.98 Å². The zero-order valence-corrected chi connectivity index (χ0v) is 6.77. The molecule has 0 amide bonds. The number of hydrogen-bond acceptors (Lipinski definition) is 1. The van der Waals surface area contributed by atoms with Crippen molar-refractivity contribution < 1.29 is 0 Å². The van der Waals surface area contributed by atoms with Crippen molar-refractivity contribution in [2.45, 2.75) is 13.0 Å². The molecule has 3 heteroatoms. The minimum absolute atomic E-state index is 0.102. The molecule has 1 unspecified atom stereocenters. The predicted octanol–water partition coefficient (Wildman–Crippen LogP) is 1.80. The highest BCUT2D eigenvalue weighted by Gasteiger charge is 2.03. The van der Waals surface area contributed by atoms with Gasteiger partial charge in [-0.3, -0.25) is 0 Å². The summed E-state index contributed by atoms with van der Waals surface area (Å²) in [5.41, 5.74) is 6.73. The minimum Gasteiger partial charge on any atom is -0.366 e. The van der Waals surface area contributed by atoms with Crippen LogP contribution in [0.25, 0.3) is 0 Å². The zero-order valence-electron chi connectivity index (χ0n) is 5.19. The molecule has 9 heavy (non-hydrogen) atoms. The molecular weight excluding hydrogens is 180 g/mol. The van der Waals surface area contributed by atoms with E-state index in [1.807, 2.05) is 19.3 Å². The van der Waals surface area contributed by atoms with Gasteiger partial charge in [0, 0.05) is 28.5 Å². The fourth-order valence-electron chi connectivity index (χ4n) is 0.706. The molecule has 0 bridgehead atoms. The van der Waals surface area contributed by atoms with Gasteiger partial charge in [0.25, 0.3) is 0 Å². The Balaban J connectivity index is 2.94. The summed E-state index contributed by atoms with van der Waals surface area (Å²) in [6, 6.07) is 0.102. The van der Waals surface area contributed by atoms with Crippen molar-refractivity contribution in [2.75, 3.05) is 0 Å². The van der Waals surface area contributed by atoms with Crippen molar-refractivity contribution in [3.63, 3.8) is 0 Å². The van der Waals surface area contributed by atoms with E-state index in [1.54, 1.807) is 0 Å². The molecule has 0 aromatic carbocycles. The molecule has 1 rings (SSSR count). The number of H-pyrrole nitrogens is 1. The Kier molecular flexibility index (Phi) is 1.93. The quantitative estimate of drug-likeness (QED) is 0.694. The normalized spacial score (nSPS) is 13.7. The molecule has 1 heterocycles. The van der Waals surface area contributed by atoms with Crippen molar-refractivity contribution in [3.8, 4) is 0 Å². The first-order chi connectivity index (χ1) is 4.22. The monoisotopic (exact) mass is 188 g/mol. The number of halogens is 1. The van der Waals surface area contributed by atoms with E-state index in [-0.39, 0.29) is 6.04 Å². The summed E-state index contributed by atoms with van der Waals surface area (Å²) in [6.07, 6.45) is 3.77. The highest BCUT2D eigenvalue weighted by molar-refractivity contribution is 9.10. The predicted molar refractivity (Wildman–Crippen MR) is 41.1 cm³/mol. The second-order valence-electron chi connectivity index (χ2n) is 2.05. The second kappa shape index (κ2) is 2.54. The Labute approximate surface area is 62.6 Å². The lowest BCUT2D eigenvalue weighted by Gasteiger charge is -2.00. The lowest BCUT2D eigenvalue weighted by Crippen LogP contribution is -2.03. The molecule has 0 aliphatic rings. The van der Waals surface area contributed by atoms with E-state index in [2.05, 4.69) is 20.9 Å². The maximum Gasteiger partial charge on any atom is 0.0397 e. The average Bonchev–Trinajstić information content (AvgIpc) is 2.13. The molecule has 0 fully saturated rings. The lowest BCUT2D eigenvalue weighted by atomic mass is 10.2. The second-order valence-corrected chi connectivity index (χ2v) is 2.90. The van der Waals surface area contributed by atoms with Crippen LogP contribution in [0.3, 0.4) is 0 Å². The number of aromatic nitrogens is 1. The van der Waals surface area contributed by atoms with Gasteiger partial charge in [0.15, 0.2) is 0 Å². The number of rotatable bonds is 1. The largest absolute Gasteiger partial charge is 0.366 e. The van der Waals surface area contributed by atoms with Crippen molar-refractivity contribution in [2.24, 2.45) is 5.73 Å². The van der Waals surface area contributed by atoms with Gasteiger partial charge in [0.1, 0.15) is 0 Å². The van der Waals surface area contributed by atoms with Crippen LogP contribution in [0.2, 0.25) is 0 Å². The average molecular weight is 189 g/mol. The van der Waals surface area contributed by atoms with Gasteiger partial charge >= 0.3 is 0 Å². The van der Waals surface area contributed by atoms with E-state index in [1.165, 1.54) is 0 Å². The number of nitrogens with two attached hydrogens (primary N) is 1. The van der Waals surface area contributed by atoms with Crippen LogP contribution in [0.5, 0.6) is 0 Å². The molecule has 0 spiro atoms. The highest BCUT2D eigenvalue weighted by Crippen LogP contribution is 2.20. The first kappa shape index (κ1) is 6.83.